The number of halogens is 1. The Balaban J connectivity index is 2.16. The Hall–Kier alpha value is -3.32. The molecular weight excluding hydrogens is 364 g/mol. The van der Waals surface area contributed by atoms with Crippen molar-refractivity contribution in [1.29, 1.82) is 0 Å². The number of phenols is 3. The Morgan fingerprint density at radius 3 is 2.19 bits per heavy atom. The number of hydrogen-bond donors (Lipinski definition) is 3. The van der Waals surface area contributed by atoms with Crippen molar-refractivity contribution in [3.05, 3.63) is 61.5 Å². The Labute approximate surface area is 149 Å². The lowest BCUT2D eigenvalue weighted by Crippen LogP contribution is -2.22. The molecule has 0 saturated carbocycles. The summed E-state index contributed by atoms with van der Waals surface area (Å²) < 4.78 is 5.38. The molecule has 1 aromatic heterocycles. The zero-order valence-electron chi connectivity index (χ0n) is 13.1. The van der Waals surface area contributed by atoms with Gasteiger partial charge in [0.15, 0.2) is 11.2 Å². The largest absolute Gasteiger partial charge is 0.506 e. The van der Waals surface area contributed by atoms with E-state index < -0.39 is 50.4 Å². The van der Waals surface area contributed by atoms with Crippen LogP contribution in [0.15, 0.2) is 27.4 Å². The molecule has 0 aliphatic heterocycles. The Morgan fingerprint density at radius 2 is 1.50 bits per heavy atom. The molecule has 0 saturated heterocycles. The van der Waals surface area contributed by atoms with Gasteiger partial charge in [0, 0.05) is 17.2 Å². The van der Waals surface area contributed by atoms with Crippen LogP contribution in [0.25, 0.3) is 11.0 Å². The van der Waals surface area contributed by atoms with Gasteiger partial charge in [-0.15, -0.1) is 0 Å². The number of benzene rings is 2. The topological polar surface area (TPSA) is 125 Å². The Morgan fingerprint density at radius 1 is 0.885 bits per heavy atom. The molecule has 26 heavy (non-hydrogen) atoms. The van der Waals surface area contributed by atoms with E-state index in [9.17, 15) is 29.7 Å². The van der Waals surface area contributed by atoms with E-state index in [4.69, 9.17) is 16.0 Å². The summed E-state index contributed by atoms with van der Waals surface area (Å²) in [6, 6.07) is 3.29. The van der Waals surface area contributed by atoms with Crippen molar-refractivity contribution in [3.8, 4) is 17.2 Å². The van der Waals surface area contributed by atoms with E-state index in [1.807, 2.05) is 0 Å². The molecule has 0 unspecified atom stereocenters. The van der Waals surface area contributed by atoms with Crippen LogP contribution in [0.5, 0.6) is 17.2 Å². The van der Waals surface area contributed by atoms with Crippen LogP contribution in [-0.2, 0) is 0 Å². The average Bonchev–Trinajstić information content (AvgIpc) is 2.56. The van der Waals surface area contributed by atoms with Gasteiger partial charge in [-0.1, -0.05) is 11.6 Å². The maximum atomic E-state index is 12.8. The van der Waals surface area contributed by atoms with Crippen molar-refractivity contribution in [3.63, 3.8) is 0 Å². The number of aryl methyl sites for hydroxylation is 1. The molecule has 1 aliphatic carbocycles. The van der Waals surface area contributed by atoms with Gasteiger partial charge in [0.2, 0.25) is 5.78 Å². The van der Waals surface area contributed by atoms with Crippen molar-refractivity contribution in [2.45, 2.75) is 6.92 Å². The van der Waals surface area contributed by atoms with Crippen LogP contribution in [-0.4, -0.2) is 26.9 Å². The van der Waals surface area contributed by atoms with Crippen LogP contribution in [0.1, 0.15) is 37.6 Å². The first-order valence-corrected chi connectivity index (χ1v) is 7.74. The molecule has 0 amide bonds. The van der Waals surface area contributed by atoms with Gasteiger partial charge in [-0.25, -0.2) is 0 Å². The van der Waals surface area contributed by atoms with Crippen molar-refractivity contribution >= 4 is 34.1 Å². The molecule has 1 heterocycles. The predicted molar refractivity (Wildman–Crippen MR) is 90.5 cm³/mol. The fourth-order valence-corrected chi connectivity index (χ4v) is 3.29. The van der Waals surface area contributed by atoms with E-state index in [1.54, 1.807) is 0 Å². The van der Waals surface area contributed by atoms with Crippen molar-refractivity contribution in [1.82, 2.24) is 0 Å². The van der Waals surface area contributed by atoms with E-state index in [2.05, 4.69) is 0 Å². The molecule has 130 valence electrons. The third-order valence-electron chi connectivity index (χ3n) is 4.28. The van der Waals surface area contributed by atoms with Crippen LogP contribution in [0.4, 0.5) is 0 Å². The molecule has 0 fully saturated rings. The number of hydrogen-bond acceptors (Lipinski definition) is 7. The molecule has 0 radical (unpaired) electrons. The molecule has 8 heteroatoms. The highest BCUT2D eigenvalue weighted by atomic mass is 35.5. The third kappa shape index (κ3) is 1.91. The summed E-state index contributed by atoms with van der Waals surface area (Å²) in [7, 11) is 0. The van der Waals surface area contributed by atoms with E-state index in [0.717, 1.165) is 12.1 Å². The van der Waals surface area contributed by atoms with Gasteiger partial charge >= 0.3 is 0 Å². The minimum absolute atomic E-state index is 0.0572. The second-order valence-corrected chi connectivity index (χ2v) is 6.26. The van der Waals surface area contributed by atoms with Crippen LogP contribution in [0.3, 0.4) is 0 Å². The number of carbonyl (C=O) groups is 2. The lowest BCUT2D eigenvalue weighted by atomic mass is 9.82. The maximum Gasteiger partial charge on any atom is 0.202 e. The molecule has 0 atom stereocenters. The Kier molecular flexibility index (Phi) is 3.16. The zero-order valence-corrected chi connectivity index (χ0v) is 13.8. The highest BCUT2D eigenvalue weighted by Gasteiger charge is 2.37. The number of phenolic OH excluding ortho intramolecular Hbond substituents is 3. The van der Waals surface area contributed by atoms with Crippen LogP contribution in [0, 0.1) is 6.92 Å². The Bertz CT molecular complexity index is 1240. The molecule has 2 aromatic carbocycles. The molecule has 0 spiro atoms. The first-order valence-electron chi connectivity index (χ1n) is 7.36. The molecule has 4 rings (SSSR count). The van der Waals surface area contributed by atoms with Gasteiger partial charge in [0.1, 0.15) is 39.0 Å². The SMILES string of the molecule is Cc1cc(=O)c2c(O)c3c(cc2o1)C(=O)c1cc(O)c(Cl)c(O)c1C3=O. The van der Waals surface area contributed by atoms with Gasteiger partial charge in [0.05, 0.1) is 11.1 Å². The fraction of sp³-hybridized carbons (Fsp3) is 0.0556. The third-order valence-corrected chi connectivity index (χ3v) is 4.65. The minimum atomic E-state index is -0.895. The molecule has 1 aliphatic rings. The highest BCUT2D eigenvalue weighted by Crippen LogP contribution is 2.44. The van der Waals surface area contributed by atoms with Crippen molar-refractivity contribution in [2.24, 2.45) is 0 Å². The van der Waals surface area contributed by atoms with Crippen LogP contribution >= 0.6 is 11.6 Å². The second-order valence-electron chi connectivity index (χ2n) is 5.88. The normalized spacial score (nSPS) is 13.0. The number of rotatable bonds is 0. The first-order chi connectivity index (χ1) is 12.2. The maximum absolute atomic E-state index is 12.8. The fourth-order valence-electron chi connectivity index (χ4n) is 3.14. The van der Waals surface area contributed by atoms with E-state index in [-0.39, 0.29) is 27.9 Å². The smallest absolute Gasteiger partial charge is 0.202 e. The van der Waals surface area contributed by atoms with Gasteiger partial charge in [-0.05, 0) is 19.1 Å². The molecule has 3 aromatic rings. The van der Waals surface area contributed by atoms with Crippen LogP contribution < -0.4 is 5.43 Å². The summed E-state index contributed by atoms with van der Waals surface area (Å²) in [5, 5.41) is 29.6. The quantitative estimate of drug-likeness (QED) is 0.433. The number of ketones is 2. The number of aromatic hydroxyl groups is 3. The summed E-state index contributed by atoms with van der Waals surface area (Å²) >= 11 is 5.74. The first kappa shape index (κ1) is 16.2. The standard InChI is InChI=1S/C18H9ClO7/c1-5-2-8(20)13-10(26-5)4-7-11(17(13)24)16(23)12-6(15(7)22)3-9(21)14(19)18(12)25/h2-4,21,24-25H,1H3. The lowest BCUT2D eigenvalue weighted by Gasteiger charge is -2.20. The number of fused-ring (bicyclic) bond motifs is 3. The second kappa shape index (κ2) is 5.09. The molecule has 3 N–H and O–H groups in total. The van der Waals surface area contributed by atoms with E-state index >= 15 is 0 Å². The van der Waals surface area contributed by atoms with Crippen LogP contribution in [0.2, 0.25) is 5.02 Å². The summed E-state index contributed by atoms with van der Waals surface area (Å²) in [5.74, 6) is -3.43. The number of carbonyl (C=O) groups excluding carboxylic acids is 2. The summed E-state index contributed by atoms with van der Waals surface area (Å²) in [5.41, 5.74) is -1.99. The molecule has 0 bridgehead atoms. The van der Waals surface area contributed by atoms with Gasteiger partial charge < -0.3 is 19.7 Å². The zero-order chi connectivity index (χ0) is 18.9. The monoisotopic (exact) mass is 372 g/mol. The van der Waals surface area contributed by atoms with E-state index in [0.29, 0.717) is 0 Å². The van der Waals surface area contributed by atoms with Gasteiger partial charge in [-0.2, -0.15) is 0 Å². The summed E-state index contributed by atoms with van der Waals surface area (Å²) in [6.07, 6.45) is 0. The van der Waals surface area contributed by atoms with Crippen molar-refractivity contribution < 1.29 is 29.3 Å². The minimum Gasteiger partial charge on any atom is -0.506 e. The highest BCUT2D eigenvalue weighted by molar-refractivity contribution is 6.37. The predicted octanol–water partition coefficient (Wildman–Crippen LogP) is 2.65. The molecular formula is C18H9ClO7. The lowest BCUT2D eigenvalue weighted by molar-refractivity contribution is 0.0974. The molecule has 7 nitrogen and oxygen atoms in total. The van der Waals surface area contributed by atoms with Crippen molar-refractivity contribution in [2.75, 3.05) is 0 Å². The van der Waals surface area contributed by atoms with E-state index in [1.165, 1.54) is 13.0 Å². The van der Waals surface area contributed by atoms with Gasteiger partial charge in [-0.3, -0.25) is 14.4 Å². The summed E-state index contributed by atoms with van der Waals surface area (Å²) in [4.78, 5) is 37.8. The summed E-state index contributed by atoms with van der Waals surface area (Å²) in [6.45, 7) is 1.53. The average molecular weight is 373 g/mol. The van der Waals surface area contributed by atoms with Gasteiger partial charge in [0.25, 0.3) is 0 Å².